The van der Waals surface area contributed by atoms with Crippen molar-refractivity contribution in [2.24, 2.45) is 0 Å². The van der Waals surface area contributed by atoms with Crippen molar-refractivity contribution < 1.29 is 9.47 Å². The predicted octanol–water partition coefficient (Wildman–Crippen LogP) is 0.950. The highest BCUT2D eigenvalue weighted by molar-refractivity contribution is 7.11. The van der Waals surface area contributed by atoms with E-state index in [1.807, 2.05) is 13.2 Å². The lowest BCUT2D eigenvalue weighted by molar-refractivity contribution is -0.0901. The molecule has 0 aliphatic carbocycles. The number of thiazole rings is 1. The molecule has 2 heterocycles. The smallest absolute Gasteiger partial charge is 0.132 e. The lowest BCUT2D eigenvalue weighted by atomic mass is 10.4. The van der Waals surface area contributed by atoms with Crippen LogP contribution in [0.15, 0.2) is 6.20 Å². The fourth-order valence-electron chi connectivity index (χ4n) is 1.36. The normalized spacial score (nSPS) is 22.5. The average Bonchev–Trinajstić information content (AvgIpc) is 2.68. The first kappa shape index (κ1) is 10.0. The van der Waals surface area contributed by atoms with Gasteiger partial charge >= 0.3 is 0 Å². The Morgan fingerprint density at radius 2 is 2.57 bits per heavy atom. The number of nitrogens with one attached hydrogen (secondary N) is 1. The molecule has 1 aliphatic rings. The monoisotopic (exact) mass is 214 g/mol. The molecular formula is C9H14N2O2S. The van der Waals surface area contributed by atoms with Crippen LogP contribution in [-0.4, -0.2) is 31.9 Å². The summed E-state index contributed by atoms with van der Waals surface area (Å²) in [5, 5.41) is 4.12. The summed E-state index contributed by atoms with van der Waals surface area (Å²) in [4.78, 5) is 5.57. The van der Waals surface area contributed by atoms with Gasteiger partial charge in [0.05, 0.1) is 19.8 Å². The second kappa shape index (κ2) is 4.84. The standard InChI is InChI=1S/C9H14N2O2S/c1-10-4-7-5-11-9(14-7)8-6-12-2-3-13-8/h5,8,10H,2-4,6H2,1H3. The maximum Gasteiger partial charge on any atom is 0.132 e. The second-order valence-corrected chi connectivity index (χ2v) is 4.28. The van der Waals surface area contributed by atoms with Gasteiger partial charge in [0, 0.05) is 17.6 Å². The van der Waals surface area contributed by atoms with Gasteiger partial charge in [0.15, 0.2) is 0 Å². The highest BCUT2D eigenvalue weighted by Crippen LogP contribution is 2.25. The Bertz CT molecular complexity index is 284. The second-order valence-electron chi connectivity index (χ2n) is 3.13. The first-order valence-electron chi connectivity index (χ1n) is 4.68. The molecule has 14 heavy (non-hydrogen) atoms. The summed E-state index contributed by atoms with van der Waals surface area (Å²) in [5.41, 5.74) is 0. The molecule has 0 spiro atoms. The molecular weight excluding hydrogens is 200 g/mol. The van der Waals surface area contributed by atoms with Crippen LogP contribution in [0.3, 0.4) is 0 Å². The third-order valence-electron chi connectivity index (χ3n) is 2.01. The van der Waals surface area contributed by atoms with E-state index in [0.29, 0.717) is 19.8 Å². The van der Waals surface area contributed by atoms with Crippen LogP contribution in [-0.2, 0) is 16.0 Å². The predicted molar refractivity (Wildman–Crippen MR) is 54.4 cm³/mol. The van der Waals surface area contributed by atoms with E-state index >= 15 is 0 Å². The molecule has 1 N–H and O–H groups in total. The molecule has 1 atom stereocenters. The summed E-state index contributed by atoms with van der Waals surface area (Å²) in [6, 6.07) is 0. The topological polar surface area (TPSA) is 43.4 Å². The molecule has 0 radical (unpaired) electrons. The zero-order chi connectivity index (χ0) is 9.80. The summed E-state index contributed by atoms with van der Waals surface area (Å²) in [5.74, 6) is 0. The molecule has 1 aliphatic heterocycles. The van der Waals surface area contributed by atoms with Gasteiger partial charge in [0.2, 0.25) is 0 Å². The summed E-state index contributed by atoms with van der Waals surface area (Å²) in [6.07, 6.45) is 1.94. The van der Waals surface area contributed by atoms with Gasteiger partial charge in [-0.1, -0.05) is 0 Å². The van der Waals surface area contributed by atoms with Gasteiger partial charge in [-0.2, -0.15) is 0 Å². The average molecular weight is 214 g/mol. The number of rotatable bonds is 3. The number of aromatic nitrogens is 1. The Kier molecular flexibility index (Phi) is 3.47. The van der Waals surface area contributed by atoms with Crippen molar-refractivity contribution in [1.82, 2.24) is 10.3 Å². The molecule has 1 fully saturated rings. The zero-order valence-corrected chi connectivity index (χ0v) is 8.97. The summed E-state index contributed by atoms with van der Waals surface area (Å²) in [7, 11) is 1.93. The molecule has 0 amide bonds. The van der Waals surface area contributed by atoms with E-state index in [0.717, 1.165) is 11.6 Å². The number of nitrogens with zero attached hydrogens (tertiary/aromatic N) is 1. The molecule has 0 saturated carbocycles. The minimum Gasteiger partial charge on any atom is -0.376 e. The first-order valence-corrected chi connectivity index (χ1v) is 5.50. The van der Waals surface area contributed by atoms with Crippen LogP contribution in [0.2, 0.25) is 0 Å². The quantitative estimate of drug-likeness (QED) is 0.813. The van der Waals surface area contributed by atoms with Crippen molar-refractivity contribution >= 4 is 11.3 Å². The van der Waals surface area contributed by atoms with E-state index in [1.165, 1.54) is 4.88 Å². The third-order valence-corrected chi connectivity index (χ3v) is 3.10. The highest BCUT2D eigenvalue weighted by atomic mass is 32.1. The Hall–Kier alpha value is -0.490. The van der Waals surface area contributed by atoms with Crippen molar-refractivity contribution in [3.05, 3.63) is 16.1 Å². The van der Waals surface area contributed by atoms with Crippen LogP contribution in [0.1, 0.15) is 16.0 Å². The Morgan fingerprint density at radius 3 is 3.29 bits per heavy atom. The molecule has 0 aromatic carbocycles. The fourth-order valence-corrected chi connectivity index (χ4v) is 2.32. The molecule has 1 aromatic rings. The van der Waals surface area contributed by atoms with Gasteiger partial charge in [0.25, 0.3) is 0 Å². The van der Waals surface area contributed by atoms with Crippen LogP contribution in [0.5, 0.6) is 0 Å². The molecule has 78 valence electrons. The van der Waals surface area contributed by atoms with E-state index in [1.54, 1.807) is 11.3 Å². The molecule has 0 bridgehead atoms. The van der Waals surface area contributed by atoms with Crippen molar-refractivity contribution in [3.63, 3.8) is 0 Å². The van der Waals surface area contributed by atoms with Crippen molar-refractivity contribution in [2.45, 2.75) is 12.6 Å². The van der Waals surface area contributed by atoms with E-state index in [9.17, 15) is 0 Å². The van der Waals surface area contributed by atoms with Crippen LogP contribution >= 0.6 is 11.3 Å². The molecule has 2 rings (SSSR count). The van der Waals surface area contributed by atoms with E-state index in [2.05, 4.69) is 10.3 Å². The van der Waals surface area contributed by atoms with Crippen LogP contribution in [0.25, 0.3) is 0 Å². The molecule has 4 nitrogen and oxygen atoms in total. The van der Waals surface area contributed by atoms with E-state index < -0.39 is 0 Å². The van der Waals surface area contributed by atoms with Crippen LogP contribution in [0, 0.1) is 0 Å². The highest BCUT2D eigenvalue weighted by Gasteiger charge is 2.19. The van der Waals surface area contributed by atoms with Gasteiger partial charge < -0.3 is 14.8 Å². The summed E-state index contributed by atoms with van der Waals surface area (Å²) < 4.78 is 10.9. The number of hydrogen-bond acceptors (Lipinski definition) is 5. The van der Waals surface area contributed by atoms with Crippen LogP contribution in [0.4, 0.5) is 0 Å². The van der Waals surface area contributed by atoms with Gasteiger partial charge in [-0.25, -0.2) is 4.98 Å². The third kappa shape index (κ3) is 2.30. The maximum atomic E-state index is 5.56. The van der Waals surface area contributed by atoms with Crippen molar-refractivity contribution in [2.75, 3.05) is 26.9 Å². The molecule has 1 unspecified atom stereocenters. The number of ether oxygens (including phenoxy) is 2. The number of hydrogen-bond donors (Lipinski definition) is 1. The van der Waals surface area contributed by atoms with Gasteiger partial charge in [-0.3, -0.25) is 0 Å². The van der Waals surface area contributed by atoms with Crippen LogP contribution < -0.4 is 5.32 Å². The SMILES string of the molecule is CNCc1cnc(C2COCCO2)s1. The molecule has 5 heteroatoms. The van der Waals surface area contributed by atoms with E-state index in [4.69, 9.17) is 9.47 Å². The minimum atomic E-state index is 0.0411. The Labute approximate surface area is 87.3 Å². The largest absolute Gasteiger partial charge is 0.376 e. The lowest BCUT2D eigenvalue weighted by Gasteiger charge is -2.20. The summed E-state index contributed by atoms with van der Waals surface area (Å²) >= 11 is 1.69. The minimum absolute atomic E-state index is 0.0411. The lowest BCUT2D eigenvalue weighted by Crippen LogP contribution is -2.21. The van der Waals surface area contributed by atoms with Crippen molar-refractivity contribution in [1.29, 1.82) is 0 Å². The van der Waals surface area contributed by atoms with E-state index in [-0.39, 0.29) is 6.10 Å². The van der Waals surface area contributed by atoms with Crippen molar-refractivity contribution in [3.8, 4) is 0 Å². The van der Waals surface area contributed by atoms with Gasteiger partial charge in [-0.05, 0) is 7.05 Å². The molecule has 1 saturated heterocycles. The zero-order valence-electron chi connectivity index (χ0n) is 8.16. The van der Waals surface area contributed by atoms with Gasteiger partial charge in [-0.15, -0.1) is 11.3 Å². The first-order chi connectivity index (χ1) is 6.90. The summed E-state index contributed by atoms with van der Waals surface area (Å²) in [6.45, 7) is 2.87. The Morgan fingerprint density at radius 1 is 1.64 bits per heavy atom. The van der Waals surface area contributed by atoms with Gasteiger partial charge in [0.1, 0.15) is 11.1 Å². The fraction of sp³-hybridized carbons (Fsp3) is 0.667. The maximum absolute atomic E-state index is 5.56. The Balaban J connectivity index is 2.00. The molecule has 1 aromatic heterocycles.